The lowest BCUT2D eigenvalue weighted by molar-refractivity contribution is -0.188. The van der Waals surface area contributed by atoms with Gasteiger partial charge in [-0.3, -0.25) is 4.79 Å². The molecule has 0 aromatic rings. The molecule has 0 rings (SSSR count). The van der Waals surface area contributed by atoms with Crippen molar-refractivity contribution in [3.8, 4) is 0 Å². The molecule has 0 heterocycles. The van der Waals surface area contributed by atoms with Gasteiger partial charge in [-0.05, 0) is 5.92 Å². The van der Waals surface area contributed by atoms with Crippen molar-refractivity contribution >= 4 is 5.97 Å². The predicted octanol–water partition coefficient (Wildman–Crippen LogP) is 1.25. The lowest BCUT2D eigenvalue weighted by atomic mass is 9.78. The number of halogens is 3. The van der Waals surface area contributed by atoms with Gasteiger partial charge in [0, 0.05) is 6.54 Å². The summed E-state index contributed by atoms with van der Waals surface area (Å²) in [4.78, 5) is 11.0. The molecular formula is C9H16F3NO3. The third-order valence-corrected chi connectivity index (χ3v) is 2.52. The van der Waals surface area contributed by atoms with E-state index in [1.807, 2.05) is 0 Å². The molecule has 0 fully saturated rings. The summed E-state index contributed by atoms with van der Waals surface area (Å²) < 4.78 is 39.9. The smallest absolute Gasteiger partial charge is 0.411 e. The van der Waals surface area contributed by atoms with Crippen LogP contribution in [-0.2, 0) is 9.53 Å². The Labute approximate surface area is 91.6 Å². The minimum Gasteiger partial charge on any atom is -0.481 e. The van der Waals surface area contributed by atoms with Crippen LogP contribution in [0.5, 0.6) is 0 Å². The van der Waals surface area contributed by atoms with Gasteiger partial charge in [0.05, 0.1) is 6.61 Å². The summed E-state index contributed by atoms with van der Waals surface area (Å²) in [6, 6.07) is 0. The second-order valence-corrected chi connectivity index (χ2v) is 3.93. The molecule has 0 saturated carbocycles. The lowest BCUT2D eigenvalue weighted by Crippen LogP contribution is -2.47. The first-order chi connectivity index (χ1) is 7.15. The Morgan fingerprint density at radius 3 is 2.12 bits per heavy atom. The fraction of sp³-hybridized carbons (Fsp3) is 0.889. The molecule has 1 atom stereocenters. The predicted molar refractivity (Wildman–Crippen MR) is 50.8 cm³/mol. The van der Waals surface area contributed by atoms with E-state index in [0.717, 1.165) is 0 Å². The topological polar surface area (TPSA) is 72.5 Å². The summed E-state index contributed by atoms with van der Waals surface area (Å²) in [6.07, 6.45) is -4.46. The summed E-state index contributed by atoms with van der Waals surface area (Å²) in [5.41, 5.74) is 3.85. The first kappa shape index (κ1) is 15.2. The number of alkyl halides is 3. The molecule has 0 saturated heterocycles. The van der Waals surface area contributed by atoms with Crippen LogP contribution in [-0.4, -0.2) is 37.0 Å². The SMILES string of the molecule is CC(C)C(CN)(COCC(F)(F)F)C(=O)O. The molecule has 4 nitrogen and oxygen atoms in total. The van der Waals surface area contributed by atoms with Crippen molar-refractivity contribution in [2.45, 2.75) is 20.0 Å². The van der Waals surface area contributed by atoms with Gasteiger partial charge in [-0.25, -0.2) is 0 Å². The van der Waals surface area contributed by atoms with Gasteiger partial charge in [-0.15, -0.1) is 0 Å². The molecule has 0 spiro atoms. The standard InChI is InChI=1S/C9H16F3NO3/c1-6(2)8(3-13,7(14)15)4-16-5-9(10,11)12/h6H,3-5,13H2,1-2H3,(H,14,15). The molecular weight excluding hydrogens is 227 g/mol. The second-order valence-electron chi connectivity index (χ2n) is 3.93. The van der Waals surface area contributed by atoms with Crippen LogP contribution in [0.15, 0.2) is 0 Å². The average molecular weight is 243 g/mol. The second kappa shape index (κ2) is 5.49. The van der Waals surface area contributed by atoms with Gasteiger partial charge in [0.1, 0.15) is 12.0 Å². The van der Waals surface area contributed by atoms with Gasteiger partial charge in [0.25, 0.3) is 0 Å². The largest absolute Gasteiger partial charge is 0.481 e. The number of carboxylic acid groups (broad SMARTS) is 1. The Bertz CT molecular complexity index is 243. The maximum atomic E-state index is 11.8. The van der Waals surface area contributed by atoms with Crippen LogP contribution in [0.1, 0.15) is 13.8 Å². The monoisotopic (exact) mass is 243 g/mol. The number of carboxylic acids is 1. The number of hydrogen-bond acceptors (Lipinski definition) is 3. The quantitative estimate of drug-likeness (QED) is 0.736. The Morgan fingerprint density at radius 2 is 1.88 bits per heavy atom. The van der Waals surface area contributed by atoms with E-state index in [4.69, 9.17) is 10.8 Å². The highest BCUT2D eigenvalue weighted by molar-refractivity contribution is 5.75. The van der Waals surface area contributed by atoms with Crippen molar-refractivity contribution in [3.05, 3.63) is 0 Å². The Hall–Kier alpha value is -0.820. The highest BCUT2D eigenvalue weighted by Crippen LogP contribution is 2.28. The molecule has 96 valence electrons. The molecule has 0 amide bonds. The van der Waals surface area contributed by atoms with Gasteiger partial charge < -0.3 is 15.6 Å². The van der Waals surface area contributed by atoms with Crippen LogP contribution >= 0.6 is 0 Å². The van der Waals surface area contributed by atoms with E-state index in [1.165, 1.54) is 0 Å². The molecule has 3 N–H and O–H groups in total. The molecule has 16 heavy (non-hydrogen) atoms. The summed E-state index contributed by atoms with van der Waals surface area (Å²) in [5, 5.41) is 8.98. The normalized spacial score (nSPS) is 16.2. The van der Waals surface area contributed by atoms with Gasteiger partial charge in [0.15, 0.2) is 0 Å². The minimum atomic E-state index is -4.46. The first-order valence-electron chi connectivity index (χ1n) is 4.73. The van der Waals surface area contributed by atoms with E-state index in [-0.39, 0.29) is 6.54 Å². The van der Waals surface area contributed by atoms with Crippen LogP contribution < -0.4 is 5.73 Å². The molecule has 7 heteroatoms. The van der Waals surface area contributed by atoms with E-state index < -0.39 is 36.7 Å². The molecule has 0 aromatic heterocycles. The number of nitrogens with two attached hydrogens (primary N) is 1. The van der Waals surface area contributed by atoms with Crippen LogP contribution in [0.2, 0.25) is 0 Å². The van der Waals surface area contributed by atoms with Gasteiger partial charge in [-0.2, -0.15) is 13.2 Å². The van der Waals surface area contributed by atoms with E-state index in [1.54, 1.807) is 13.8 Å². The minimum absolute atomic E-state index is 0.266. The fourth-order valence-electron chi connectivity index (χ4n) is 1.21. The van der Waals surface area contributed by atoms with E-state index >= 15 is 0 Å². The zero-order valence-corrected chi connectivity index (χ0v) is 9.17. The number of ether oxygens (including phenoxy) is 1. The number of aliphatic carboxylic acids is 1. The van der Waals surface area contributed by atoms with Crippen molar-refractivity contribution in [1.29, 1.82) is 0 Å². The highest BCUT2D eigenvalue weighted by atomic mass is 19.4. The molecule has 0 aromatic carbocycles. The van der Waals surface area contributed by atoms with Crippen LogP contribution in [0.25, 0.3) is 0 Å². The summed E-state index contributed by atoms with van der Waals surface area (Å²) in [5.74, 6) is -1.66. The average Bonchev–Trinajstić information content (AvgIpc) is 2.09. The zero-order chi connectivity index (χ0) is 13.0. The first-order valence-corrected chi connectivity index (χ1v) is 4.73. The van der Waals surface area contributed by atoms with Gasteiger partial charge in [-0.1, -0.05) is 13.8 Å². The number of rotatable bonds is 6. The fourth-order valence-corrected chi connectivity index (χ4v) is 1.21. The third kappa shape index (κ3) is 3.97. The molecule has 0 aliphatic carbocycles. The maximum Gasteiger partial charge on any atom is 0.411 e. The Kier molecular flexibility index (Phi) is 5.21. The van der Waals surface area contributed by atoms with Crippen molar-refractivity contribution < 1.29 is 27.8 Å². The number of hydrogen-bond donors (Lipinski definition) is 2. The molecule has 0 aliphatic rings. The van der Waals surface area contributed by atoms with Crippen molar-refractivity contribution in [2.75, 3.05) is 19.8 Å². The number of carbonyl (C=O) groups is 1. The van der Waals surface area contributed by atoms with Crippen LogP contribution in [0.4, 0.5) is 13.2 Å². The molecule has 0 aliphatic heterocycles. The van der Waals surface area contributed by atoms with Gasteiger partial charge >= 0.3 is 12.1 Å². The Morgan fingerprint density at radius 1 is 1.38 bits per heavy atom. The van der Waals surface area contributed by atoms with Crippen molar-refractivity contribution in [3.63, 3.8) is 0 Å². The molecule has 0 bridgehead atoms. The molecule has 0 radical (unpaired) electrons. The van der Waals surface area contributed by atoms with Crippen molar-refractivity contribution in [2.24, 2.45) is 17.1 Å². The molecule has 1 unspecified atom stereocenters. The lowest BCUT2D eigenvalue weighted by Gasteiger charge is -2.31. The zero-order valence-electron chi connectivity index (χ0n) is 9.17. The van der Waals surface area contributed by atoms with Crippen LogP contribution in [0, 0.1) is 11.3 Å². The van der Waals surface area contributed by atoms with E-state index in [9.17, 15) is 18.0 Å². The summed E-state index contributed by atoms with van der Waals surface area (Å²) >= 11 is 0. The van der Waals surface area contributed by atoms with Crippen LogP contribution in [0.3, 0.4) is 0 Å². The summed E-state index contributed by atoms with van der Waals surface area (Å²) in [7, 11) is 0. The highest BCUT2D eigenvalue weighted by Gasteiger charge is 2.42. The van der Waals surface area contributed by atoms with E-state index in [2.05, 4.69) is 4.74 Å². The Balaban J connectivity index is 4.51. The third-order valence-electron chi connectivity index (χ3n) is 2.52. The maximum absolute atomic E-state index is 11.8. The van der Waals surface area contributed by atoms with Gasteiger partial charge in [0.2, 0.25) is 0 Å². The van der Waals surface area contributed by atoms with E-state index in [0.29, 0.717) is 0 Å². The van der Waals surface area contributed by atoms with Crippen molar-refractivity contribution in [1.82, 2.24) is 0 Å². The summed E-state index contributed by atoms with van der Waals surface area (Å²) in [6.45, 7) is 0.887.